The number of thiazole rings is 1. The van der Waals surface area contributed by atoms with Gasteiger partial charge in [0.25, 0.3) is 10.0 Å². The molecule has 2 atom stereocenters. The quantitative estimate of drug-likeness (QED) is 0.878. The number of sulfonamides is 1. The van der Waals surface area contributed by atoms with Crippen LogP contribution in [0.2, 0.25) is 0 Å². The molecular formula is C9H16ClN3O2S2. The van der Waals surface area contributed by atoms with Crippen molar-refractivity contribution in [3.8, 4) is 0 Å². The van der Waals surface area contributed by atoms with E-state index in [9.17, 15) is 8.42 Å². The van der Waals surface area contributed by atoms with Gasteiger partial charge in [-0.1, -0.05) is 6.92 Å². The van der Waals surface area contributed by atoms with Gasteiger partial charge in [-0.05, 0) is 12.8 Å². The predicted molar refractivity (Wildman–Crippen MR) is 70.0 cm³/mol. The Morgan fingerprint density at radius 2 is 2.18 bits per heavy atom. The number of halogens is 1. The topological polar surface area (TPSA) is 76.3 Å². The SMILES string of the molecule is Cc1ncc(S(=O)(=O)N2CC(C)C(N)C2)s1.Cl. The van der Waals surface area contributed by atoms with Crippen LogP contribution in [-0.4, -0.2) is 36.8 Å². The number of rotatable bonds is 2. The Kier molecular flexibility index (Phi) is 4.54. The third kappa shape index (κ3) is 2.79. The van der Waals surface area contributed by atoms with Crippen molar-refractivity contribution in [1.82, 2.24) is 9.29 Å². The van der Waals surface area contributed by atoms with Gasteiger partial charge in [0.05, 0.1) is 11.2 Å². The zero-order valence-electron chi connectivity index (χ0n) is 9.66. The molecule has 98 valence electrons. The molecule has 2 rings (SSSR count). The van der Waals surface area contributed by atoms with Crippen LogP contribution in [0.3, 0.4) is 0 Å². The molecule has 0 radical (unpaired) electrons. The lowest BCUT2D eigenvalue weighted by Gasteiger charge is -2.13. The van der Waals surface area contributed by atoms with Crippen molar-refractivity contribution in [2.24, 2.45) is 11.7 Å². The predicted octanol–water partition coefficient (Wildman–Crippen LogP) is 0.841. The summed E-state index contributed by atoms with van der Waals surface area (Å²) in [5, 5.41) is 0.759. The Morgan fingerprint density at radius 3 is 2.59 bits per heavy atom. The fraction of sp³-hybridized carbons (Fsp3) is 0.667. The first-order chi connectivity index (χ1) is 7.41. The standard InChI is InChI=1S/C9H15N3O2S2.ClH/c1-6-4-12(5-8(6)10)16(13,14)9-3-11-7(2)15-9;/h3,6,8H,4-5,10H2,1-2H3;1H. The molecule has 0 spiro atoms. The van der Waals surface area contributed by atoms with Crippen LogP contribution in [0.5, 0.6) is 0 Å². The van der Waals surface area contributed by atoms with Crippen molar-refractivity contribution in [3.05, 3.63) is 11.2 Å². The molecule has 0 aromatic carbocycles. The summed E-state index contributed by atoms with van der Waals surface area (Å²) in [5.41, 5.74) is 5.83. The van der Waals surface area contributed by atoms with Crippen molar-refractivity contribution < 1.29 is 8.42 Å². The Morgan fingerprint density at radius 1 is 1.53 bits per heavy atom. The van der Waals surface area contributed by atoms with Gasteiger partial charge in [0.15, 0.2) is 4.21 Å². The van der Waals surface area contributed by atoms with Gasteiger partial charge >= 0.3 is 0 Å². The smallest absolute Gasteiger partial charge is 0.254 e. The number of nitrogens with zero attached hydrogens (tertiary/aromatic N) is 2. The molecule has 0 amide bonds. The summed E-state index contributed by atoms with van der Waals surface area (Å²) in [7, 11) is -3.37. The molecule has 17 heavy (non-hydrogen) atoms. The van der Waals surface area contributed by atoms with Crippen molar-refractivity contribution in [2.75, 3.05) is 13.1 Å². The van der Waals surface area contributed by atoms with E-state index in [2.05, 4.69) is 4.98 Å². The summed E-state index contributed by atoms with van der Waals surface area (Å²) in [5.74, 6) is 0.212. The largest absolute Gasteiger partial charge is 0.326 e. The van der Waals surface area contributed by atoms with E-state index >= 15 is 0 Å². The van der Waals surface area contributed by atoms with Gasteiger partial charge in [-0.15, -0.1) is 23.7 Å². The zero-order chi connectivity index (χ0) is 11.9. The molecular weight excluding hydrogens is 282 g/mol. The Bertz CT molecular complexity index is 478. The van der Waals surface area contributed by atoms with E-state index in [1.807, 2.05) is 6.92 Å². The normalized spacial score (nSPS) is 25.8. The van der Waals surface area contributed by atoms with Crippen molar-refractivity contribution in [2.45, 2.75) is 24.1 Å². The molecule has 1 aliphatic rings. The van der Waals surface area contributed by atoms with Gasteiger partial charge in [0.2, 0.25) is 0 Å². The van der Waals surface area contributed by atoms with E-state index in [-0.39, 0.29) is 24.4 Å². The van der Waals surface area contributed by atoms with Crippen LogP contribution in [-0.2, 0) is 10.0 Å². The lowest BCUT2D eigenvalue weighted by atomic mass is 10.1. The lowest BCUT2D eigenvalue weighted by molar-refractivity contribution is 0.466. The second-order valence-corrected chi connectivity index (χ2v) is 7.56. The lowest BCUT2D eigenvalue weighted by Crippen LogP contribution is -2.31. The second kappa shape index (κ2) is 5.19. The molecule has 2 heterocycles. The number of hydrogen-bond donors (Lipinski definition) is 1. The molecule has 0 aliphatic carbocycles. The second-order valence-electron chi connectivity index (χ2n) is 4.16. The molecule has 1 saturated heterocycles. The van der Waals surface area contributed by atoms with Crippen LogP contribution < -0.4 is 5.73 Å². The van der Waals surface area contributed by atoms with Crippen LogP contribution in [0.15, 0.2) is 10.4 Å². The van der Waals surface area contributed by atoms with Gasteiger partial charge in [-0.3, -0.25) is 0 Å². The fourth-order valence-electron chi connectivity index (χ4n) is 1.73. The first-order valence-electron chi connectivity index (χ1n) is 5.09. The van der Waals surface area contributed by atoms with Crippen molar-refractivity contribution in [3.63, 3.8) is 0 Å². The fourth-order valence-corrected chi connectivity index (χ4v) is 4.57. The molecule has 0 saturated carbocycles. The minimum absolute atomic E-state index is 0. The van der Waals surface area contributed by atoms with Crippen LogP contribution in [0.1, 0.15) is 11.9 Å². The average Bonchev–Trinajstić information content (AvgIpc) is 2.75. The average molecular weight is 298 g/mol. The Hall–Kier alpha value is -0.210. The van der Waals surface area contributed by atoms with Gasteiger partial charge in [0, 0.05) is 19.1 Å². The Labute approximate surface area is 111 Å². The molecule has 5 nitrogen and oxygen atoms in total. The number of aryl methyl sites for hydroxylation is 1. The third-order valence-corrected chi connectivity index (χ3v) is 6.01. The van der Waals surface area contributed by atoms with E-state index < -0.39 is 10.0 Å². The van der Waals surface area contributed by atoms with Crippen LogP contribution in [0.4, 0.5) is 0 Å². The molecule has 1 aromatic heterocycles. The Balaban J connectivity index is 0.00000144. The monoisotopic (exact) mass is 297 g/mol. The molecule has 8 heteroatoms. The van der Waals surface area contributed by atoms with Crippen LogP contribution in [0.25, 0.3) is 0 Å². The summed E-state index contributed by atoms with van der Waals surface area (Å²) in [4.78, 5) is 3.97. The van der Waals surface area contributed by atoms with Gasteiger partial charge in [-0.25, -0.2) is 13.4 Å². The van der Waals surface area contributed by atoms with Crippen molar-refractivity contribution >= 4 is 33.8 Å². The van der Waals surface area contributed by atoms with Crippen molar-refractivity contribution in [1.29, 1.82) is 0 Å². The van der Waals surface area contributed by atoms with E-state index in [4.69, 9.17) is 5.73 Å². The third-order valence-electron chi connectivity index (χ3n) is 2.83. The maximum absolute atomic E-state index is 12.2. The van der Waals surface area contributed by atoms with E-state index in [1.54, 1.807) is 6.92 Å². The highest BCUT2D eigenvalue weighted by atomic mass is 35.5. The molecule has 1 aliphatic heterocycles. The van der Waals surface area contributed by atoms with E-state index in [0.29, 0.717) is 17.3 Å². The molecule has 2 N–H and O–H groups in total. The number of hydrogen-bond acceptors (Lipinski definition) is 5. The number of aromatic nitrogens is 1. The molecule has 1 fully saturated rings. The maximum Gasteiger partial charge on any atom is 0.254 e. The first-order valence-corrected chi connectivity index (χ1v) is 7.35. The first kappa shape index (κ1) is 14.8. The minimum Gasteiger partial charge on any atom is -0.326 e. The molecule has 1 aromatic rings. The zero-order valence-corrected chi connectivity index (χ0v) is 12.1. The van der Waals surface area contributed by atoms with Crippen LogP contribution >= 0.6 is 23.7 Å². The summed E-state index contributed by atoms with van der Waals surface area (Å²) >= 11 is 1.20. The van der Waals surface area contributed by atoms with Gasteiger partial charge in [-0.2, -0.15) is 4.31 Å². The highest BCUT2D eigenvalue weighted by molar-refractivity contribution is 7.91. The summed E-state index contributed by atoms with van der Waals surface area (Å²) in [6.45, 7) is 4.67. The molecule has 2 unspecified atom stereocenters. The van der Waals surface area contributed by atoms with Gasteiger partial charge in [0.1, 0.15) is 0 Å². The van der Waals surface area contributed by atoms with E-state index in [0.717, 1.165) is 5.01 Å². The van der Waals surface area contributed by atoms with Crippen LogP contribution in [0, 0.1) is 12.8 Å². The molecule has 0 bridgehead atoms. The summed E-state index contributed by atoms with van der Waals surface area (Å²) in [6, 6.07) is -0.0659. The maximum atomic E-state index is 12.2. The minimum atomic E-state index is -3.37. The summed E-state index contributed by atoms with van der Waals surface area (Å²) in [6.07, 6.45) is 1.42. The van der Waals surface area contributed by atoms with Gasteiger partial charge < -0.3 is 5.73 Å². The highest BCUT2D eigenvalue weighted by Crippen LogP contribution is 2.26. The highest BCUT2D eigenvalue weighted by Gasteiger charge is 2.36. The van der Waals surface area contributed by atoms with E-state index in [1.165, 1.54) is 21.8 Å². The summed E-state index contributed by atoms with van der Waals surface area (Å²) < 4.78 is 26.1. The number of nitrogens with two attached hydrogens (primary N) is 1.